The van der Waals surface area contributed by atoms with E-state index in [1.54, 1.807) is 22.8 Å². The monoisotopic (exact) mass is 349 g/mol. The van der Waals surface area contributed by atoms with Crippen molar-refractivity contribution in [3.05, 3.63) is 39.4 Å². The zero-order chi connectivity index (χ0) is 16.2. The summed E-state index contributed by atoms with van der Waals surface area (Å²) in [6, 6.07) is 6.31. The predicted molar refractivity (Wildman–Crippen MR) is 94.0 cm³/mol. The molecule has 0 bridgehead atoms. The molecule has 2 amide bonds. The average molecular weight is 349 g/mol. The van der Waals surface area contributed by atoms with Crippen molar-refractivity contribution < 1.29 is 9.59 Å². The number of likely N-dealkylation sites (tertiary alicyclic amines) is 1. The van der Waals surface area contributed by atoms with E-state index in [9.17, 15) is 9.59 Å². The lowest BCUT2D eigenvalue weighted by Crippen LogP contribution is -2.27. The zero-order valence-electron chi connectivity index (χ0n) is 12.7. The lowest BCUT2D eigenvalue weighted by atomic mass is 10.2. The minimum atomic E-state index is -0.515. The molecule has 122 valence electrons. The van der Waals surface area contributed by atoms with Gasteiger partial charge in [0.05, 0.1) is 5.56 Å². The number of nitrogens with one attached hydrogen (secondary N) is 1. The Bertz CT molecular complexity index is 681. The fraction of sp³-hybridized carbons (Fsp3) is 0.375. The van der Waals surface area contributed by atoms with Gasteiger partial charge in [-0.3, -0.25) is 14.5 Å². The molecule has 7 heteroatoms. The molecule has 3 rings (SSSR count). The van der Waals surface area contributed by atoms with Crippen LogP contribution < -0.4 is 11.1 Å². The Kier molecular flexibility index (Phi) is 5.09. The first-order valence-electron chi connectivity index (χ1n) is 7.60. The molecule has 3 N–H and O–H groups in total. The molecule has 2 aromatic rings. The smallest absolute Gasteiger partial charge is 0.251 e. The largest absolute Gasteiger partial charge is 0.366 e. The van der Waals surface area contributed by atoms with Gasteiger partial charge in [-0.1, -0.05) is 6.07 Å². The maximum Gasteiger partial charge on any atom is 0.251 e. The van der Waals surface area contributed by atoms with Gasteiger partial charge in [-0.05, 0) is 42.3 Å². The van der Waals surface area contributed by atoms with E-state index < -0.39 is 5.91 Å². The van der Waals surface area contributed by atoms with E-state index in [1.807, 2.05) is 0 Å². The first kappa shape index (κ1) is 16.2. The fourth-order valence-corrected chi connectivity index (χ4v) is 4.64. The molecule has 3 heterocycles. The maximum absolute atomic E-state index is 12.2. The molecule has 0 unspecified atom stereocenters. The van der Waals surface area contributed by atoms with Crippen molar-refractivity contribution in [3.63, 3.8) is 0 Å². The normalized spacial score (nSPS) is 18.2. The molecule has 0 saturated carbocycles. The second-order valence-corrected chi connectivity index (χ2v) is 7.43. The first-order valence-corrected chi connectivity index (χ1v) is 9.35. The van der Waals surface area contributed by atoms with Gasteiger partial charge in [-0.25, -0.2) is 0 Å². The van der Waals surface area contributed by atoms with Crippen LogP contribution in [0.1, 0.15) is 40.5 Å². The van der Waals surface area contributed by atoms with Gasteiger partial charge in [0.15, 0.2) is 0 Å². The standard InChI is InChI=1S/C16H19N3O2S2/c17-15(21)11-6-10-23-16(11)18-14(20)5-8-19-7-1-3-12(19)13-4-2-9-22-13/h2,4,6,9-10,12H,1,3,5,7-8H2,(H2,17,21)(H,18,20)/t12-/m1/s1. The van der Waals surface area contributed by atoms with Crippen LogP contribution in [0.5, 0.6) is 0 Å². The molecule has 5 nitrogen and oxygen atoms in total. The number of thiophene rings is 2. The van der Waals surface area contributed by atoms with Crippen molar-refractivity contribution in [2.75, 3.05) is 18.4 Å². The summed E-state index contributed by atoms with van der Waals surface area (Å²) in [5.41, 5.74) is 5.67. The van der Waals surface area contributed by atoms with Crippen LogP contribution >= 0.6 is 22.7 Å². The summed E-state index contributed by atoms with van der Waals surface area (Å²) in [6.45, 7) is 1.76. The number of carbonyl (C=O) groups is 2. The molecule has 1 fully saturated rings. The summed E-state index contributed by atoms with van der Waals surface area (Å²) in [6.07, 6.45) is 2.73. The van der Waals surface area contributed by atoms with Crippen molar-refractivity contribution in [1.29, 1.82) is 0 Å². The van der Waals surface area contributed by atoms with Crippen LogP contribution in [0.15, 0.2) is 29.0 Å². The summed E-state index contributed by atoms with van der Waals surface area (Å²) in [7, 11) is 0. The predicted octanol–water partition coefficient (Wildman–Crippen LogP) is 3.07. The summed E-state index contributed by atoms with van der Waals surface area (Å²) < 4.78 is 0. The molecule has 2 aromatic heterocycles. The van der Waals surface area contributed by atoms with Gasteiger partial charge in [-0.15, -0.1) is 22.7 Å². The number of nitrogens with two attached hydrogens (primary N) is 1. The van der Waals surface area contributed by atoms with Gasteiger partial charge in [0.2, 0.25) is 5.91 Å². The van der Waals surface area contributed by atoms with Crippen LogP contribution in [-0.2, 0) is 4.79 Å². The number of carbonyl (C=O) groups excluding carboxylic acids is 2. The highest BCUT2D eigenvalue weighted by molar-refractivity contribution is 7.14. The molecule has 0 aliphatic carbocycles. The molecular formula is C16H19N3O2S2. The Labute approximate surface area is 143 Å². The highest BCUT2D eigenvalue weighted by Crippen LogP contribution is 2.34. The van der Waals surface area contributed by atoms with E-state index in [0.29, 0.717) is 23.0 Å². The Morgan fingerprint density at radius 1 is 1.30 bits per heavy atom. The van der Waals surface area contributed by atoms with E-state index in [0.717, 1.165) is 19.5 Å². The number of rotatable bonds is 6. The third kappa shape index (κ3) is 3.80. The van der Waals surface area contributed by atoms with Crippen molar-refractivity contribution in [1.82, 2.24) is 4.90 Å². The van der Waals surface area contributed by atoms with Crippen LogP contribution in [0, 0.1) is 0 Å². The average Bonchev–Trinajstić information content (AvgIpc) is 3.25. The van der Waals surface area contributed by atoms with Crippen LogP contribution in [0.25, 0.3) is 0 Å². The number of nitrogens with zero attached hydrogens (tertiary/aromatic N) is 1. The van der Waals surface area contributed by atoms with Gasteiger partial charge < -0.3 is 11.1 Å². The molecule has 1 aliphatic heterocycles. The summed E-state index contributed by atoms with van der Waals surface area (Å²) >= 11 is 3.09. The number of hydrogen-bond acceptors (Lipinski definition) is 5. The molecule has 23 heavy (non-hydrogen) atoms. The molecule has 1 atom stereocenters. The van der Waals surface area contributed by atoms with Gasteiger partial charge in [0, 0.05) is 23.9 Å². The fourth-order valence-electron chi connectivity index (χ4n) is 2.93. The summed E-state index contributed by atoms with van der Waals surface area (Å²) in [4.78, 5) is 27.2. The molecule has 0 spiro atoms. The van der Waals surface area contributed by atoms with Crippen LogP contribution in [0.2, 0.25) is 0 Å². The van der Waals surface area contributed by atoms with Gasteiger partial charge in [0.25, 0.3) is 5.91 Å². The van der Waals surface area contributed by atoms with Crippen molar-refractivity contribution in [2.45, 2.75) is 25.3 Å². The number of anilines is 1. The van der Waals surface area contributed by atoms with Crippen LogP contribution in [0.3, 0.4) is 0 Å². The molecule has 0 radical (unpaired) electrons. The van der Waals surface area contributed by atoms with Crippen LogP contribution in [-0.4, -0.2) is 29.8 Å². The summed E-state index contributed by atoms with van der Waals surface area (Å²) in [5.74, 6) is -0.592. The van der Waals surface area contributed by atoms with Gasteiger partial charge >= 0.3 is 0 Å². The quantitative estimate of drug-likeness (QED) is 0.841. The third-order valence-electron chi connectivity index (χ3n) is 4.04. The number of primary amides is 1. The SMILES string of the molecule is NC(=O)c1ccsc1NC(=O)CCN1CCC[C@@H]1c1cccs1. The van der Waals surface area contributed by atoms with Gasteiger partial charge in [-0.2, -0.15) is 0 Å². The number of amides is 2. The van der Waals surface area contributed by atoms with E-state index in [2.05, 4.69) is 27.7 Å². The topological polar surface area (TPSA) is 75.4 Å². The highest BCUT2D eigenvalue weighted by Gasteiger charge is 2.26. The molecule has 1 saturated heterocycles. The minimum Gasteiger partial charge on any atom is -0.366 e. The second-order valence-electron chi connectivity index (χ2n) is 5.54. The Balaban J connectivity index is 1.54. The zero-order valence-corrected chi connectivity index (χ0v) is 14.3. The molecular weight excluding hydrogens is 330 g/mol. The Morgan fingerprint density at radius 2 is 2.17 bits per heavy atom. The first-order chi connectivity index (χ1) is 11.1. The molecule has 1 aliphatic rings. The summed E-state index contributed by atoms with van der Waals surface area (Å²) in [5, 5.41) is 7.19. The highest BCUT2D eigenvalue weighted by atomic mass is 32.1. The van der Waals surface area contributed by atoms with Crippen molar-refractivity contribution in [2.24, 2.45) is 5.73 Å². The number of hydrogen-bond donors (Lipinski definition) is 2. The van der Waals surface area contributed by atoms with Gasteiger partial charge in [0.1, 0.15) is 5.00 Å². The van der Waals surface area contributed by atoms with E-state index in [-0.39, 0.29) is 5.91 Å². The lowest BCUT2D eigenvalue weighted by Gasteiger charge is -2.23. The Morgan fingerprint density at radius 3 is 2.91 bits per heavy atom. The van der Waals surface area contributed by atoms with E-state index >= 15 is 0 Å². The van der Waals surface area contributed by atoms with Crippen molar-refractivity contribution in [3.8, 4) is 0 Å². The Hall–Kier alpha value is -1.70. The minimum absolute atomic E-state index is 0.0771. The van der Waals surface area contributed by atoms with E-state index in [4.69, 9.17) is 5.73 Å². The maximum atomic E-state index is 12.2. The van der Waals surface area contributed by atoms with Crippen molar-refractivity contribution >= 4 is 39.5 Å². The molecule has 0 aromatic carbocycles. The van der Waals surface area contributed by atoms with Crippen LogP contribution in [0.4, 0.5) is 5.00 Å². The second kappa shape index (κ2) is 7.25. The van der Waals surface area contributed by atoms with E-state index in [1.165, 1.54) is 22.6 Å². The lowest BCUT2D eigenvalue weighted by molar-refractivity contribution is -0.116. The third-order valence-corrected chi connectivity index (χ3v) is 5.85.